The molecule has 92 valence electrons. The second-order valence-electron chi connectivity index (χ2n) is 3.62. The van der Waals surface area contributed by atoms with Gasteiger partial charge in [0.25, 0.3) is 0 Å². The smallest absolute Gasteiger partial charge is 0.209 e. The fourth-order valence-electron chi connectivity index (χ4n) is 1.34. The largest absolute Gasteiger partial charge is 0.327 e. The number of halogens is 1. The molecule has 17 heavy (non-hydrogen) atoms. The predicted molar refractivity (Wildman–Crippen MR) is 73.1 cm³/mol. The van der Waals surface area contributed by atoms with Crippen LogP contribution in [0, 0.1) is 0 Å². The van der Waals surface area contributed by atoms with Crippen molar-refractivity contribution in [2.75, 3.05) is 0 Å². The zero-order chi connectivity index (χ0) is 12.4. The Hall–Kier alpha value is -0.440. The first-order chi connectivity index (χ1) is 8.08. The van der Waals surface area contributed by atoms with Crippen LogP contribution < -0.4 is 5.73 Å². The Morgan fingerprint density at radius 2 is 2.29 bits per heavy atom. The lowest BCUT2D eigenvalue weighted by atomic mass is 10.2. The summed E-state index contributed by atoms with van der Waals surface area (Å²) in [7, 11) is 1.82. The highest BCUT2D eigenvalue weighted by atomic mass is 79.9. The van der Waals surface area contributed by atoms with Gasteiger partial charge >= 0.3 is 0 Å². The van der Waals surface area contributed by atoms with Crippen LogP contribution in [0.4, 0.5) is 0 Å². The highest BCUT2D eigenvalue weighted by Gasteiger charge is 2.22. The van der Waals surface area contributed by atoms with E-state index in [0.717, 1.165) is 8.94 Å². The molecule has 2 aromatic heterocycles. The van der Waals surface area contributed by atoms with E-state index in [1.165, 1.54) is 4.88 Å². The molecule has 0 aliphatic heterocycles. The fraction of sp³-hybridized carbons (Fsp3) is 0.444. The lowest BCUT2D eigenvalue weighted by Crippen LogP contribution is -2.22. The van der Waals surface area contributed by atoms with Crippen LogP contribution in [-0.2, 0) is 7.05 Å². The molecule has 5 nitrogen and oxygen atoms in total. The van der Waals surface area contributed by atoms with Gasteiger partial charge in [0.2, 0.25) is 5.16 Å². The molecule has 2 unspecified atom stereocenters. The summed E-state index contributed by atoms with van der Waals surface area (Å²) in [5, 5.41) is 12.4. The lowest BCUT2D eigenvalue weighted by Gasteiger charge is -2.17. The third-order valence-corrected chi connectivity index (χ3v) is 5.52. The van der Waals surface area contributed by atoms with E-state index >= 15 is 0 Å². The molecule has 0 aromatic carbocycles. The van der Waals surface area contributed by atoms with E-state index in [9.17, 15) is 0 Å². The first kappa shape index (κ1) is 13.0. The van der Waals surface area contributed by atoms with E-state index in [0.29, 0.717) is 0 Å². The minimum atomic E-state index is 0.0299. The summed E-state index contributed by atoms with van der Waals surface area (Å²) in [5.41, 5.74) is 6.04. The predicted octanol–water partition coefficient (Wildman–Crippen LogP) is 2.21. The molecule has 2 N–H and O–H groups in total. The Balaban J connectivity index is 2.22. The summed E-state index contributed by atoms with van der Waals surface area (Å²) in [4.78, 5) is 1.22. The van der Waals surface area contributed by atoms with Crippen LogP contribution in [0.3, 0.4) is 0 Å². The molecule has 0 fully saturated rings. The van der Waals surface area contributed by atoms with Gasteiger partial charge in [0, 0.05) is 18.0 Å². The van der Waals surface area contributed by atoms with Gasteiger partial charge in [-0.25, -0.2) is 4.68 Å². The van der Waals surface area contributed by atoms with Crippen molar-refractivity contribution in [1.82, 2.24) is 20.2 Å². The van der Waals surface area contributed by atoms with Gasteiger partial charge in [-0.05, 0) is 45.4 Å². The van der Waals surface area contributed by atoms with Crippen molar-refractivity contribution in [1.29, 1.82) is 0 Å². The van der Waals surface area contributed by atoms with Crippen LogP contribution in [-0.4, -0.2) is 26.2 Å². The van der Waals surface area contributed by atoms with Gasteiger partial charge in [0.05, 0.1) is 9.04 Å². The van der Waals surface area contributed by atoms with Crippen LogP contribution in [0.5, 0.6) is 0 Å². The van der Waals surface area contributed by atoms with Gasteiger partial charge in [-0.2, -0.15) is 0 Å². The Bertz CT molecular complexity index is 495. The fourth-order valence-corrected chi connectivity index (χ4v) is 4.06. The van der Waals surface area contributed by atoms with Crippen molar-refractivity contribution in [3.05, 3.63) is 20.8 Å². The second-order valence-corrected chi connectivity index (χ2v) is 7.23. The highest BCUT2D eigenvalue weighted by Crippen LogP contribution is 2.40. The number of tetrazole rings is 1. The normalized spacial score (nSPS) is 14.8. The third kappa shape index (κ3) is 3.06. The number of rotatable bonds is 4. The summed E-state index contributed by atoms with van der Waals surface area (Å²) >= 11 is 6.74. The van der Waals surface area contributed by atoms with E-state index in [-0.39, 0.29) is 11.3 Å². The topological polar surface area (TPSA) is 69.6 Å². The average Bonchev–Trinajstić information content (AvgIpc) is 2.84. The summed E-state index contributed by atoms with van der Waals surface area (Å²) in [5.74, 6) is 0. The molecule has 0 spiro atoms. The van der Waals surface area contributed by atoms with Crippen molar-refractivity contribution < 1.29 is 0 Å². The van der Waals surface area contributed by atoms with Crippen molar-refractivity contribution >= 4 is 39.0 Å². The van der Waals surface area contributed by atoms with Gasteiger partial charge in [-0.3, -0.25) is 0 Å². The SMILES string of the molecule is CC(N)C(Sc1nnnn1C)c1ccc(Br)s1. The molecule has 2 atom stereocenters. The Morgan fingerprint density at radius 3 is 2.76 bits per heavy atom. The van der Waals surface area contributed by atoms with Crippen LogP contribution in [0.15, 0.2) is 21.1 Å². The molecular formula is C9H12BrN5S2. The number of nitrogens with two attached hydrogens (primary N) is 1. The van der Waals surface area contributed by atoms with Gasteiger partial charge in [-0.15, -0.1) is 16.4 Å². The van der Waals surface area contributed by atoms with Crippen LogP contribution in [0.25, 0.3) is 0 Å². The standard InChI is InChI=1S/C9H12BrN5S2/c1-5(11)8(6-3-4-7(10)16-6)17-9-12-13-14-15(9)2/h3-5,8H,11H2,1-2H3. The third-order valence-electron chi connectivity index (χ3n) is 2.17. The maximum atomic E-state index is 6.04. The molecular weight excluding hydrogens is 322 g/mol. The molecule has 0 saturated heterocycles. The summed E-state index contributed by atoms with van der Waals surface area (Å²) < 4.78 is 2.76. The average molecular weight is 334 g/mol. The molecule has 0 amide bonds. The minimum Gasteiger partial charge on any atom is -0.327 e. The molecule has 2 rings (SSSR count). The molecule has 2 heterocycles. The van der Waals surface area contributed by atoms with E-state index in [1.807, 2.05) is 20.0 Å². The van der Waals surface area contributed by atoms with Gasteiger partial charge in [0.15, 0.2) is 0 Å². The molecule has 0 saturated carbocycles. The van der Waals surface area contributed by atoms with E-state index in [4.69, 9.17) is 5.73 Å². The van der Waals surface area contributed by atoms with E-state index in [2.05, 4.69) is 37.5 Å². The maximum Gasteiger partial charge on any atom is 0.209 e. The monoisotopic (exact) mass is 333 g/mol. The number of aromatic nitrogens is 4. The summed E-state index contributed by atoms with van der Waals surface area (Å²) in [6.45, 7) is 2.00. The quantitative estimate of drug-likeness (QED) is 0.868. The minimum absolute atomic E-state index is 0.0299. The Morgan fingerprint density at radius 1 is 1.53 bits per heavy atom. The first-order valence-corrected chi connectivity index (χ1v) is 7.46. The Labute approximate surface area is 116 Å². The van der Waals surface area contributed by atoms with Crippen molar-refractivity contribution in [3.8, 4) is 0 Å². The second kappa shape index (κ2) is 5.47. The van der Waals surface area contributed by atoms with Crippen LogP contribution in [0.2, 0.25) is 0 Å². The zero-order valence-electron chi connectivity index (χ0n) is 9.37. The van der Waals surface area contributed by atoms with Crippen LogP contribution in [0.1, 0.15) is 17.1 Å². The Kier molecular flexibility index (Phi) is 4.18. The number of thioether (sulfide) groups is 1. The molecule has 0 radical (unpaired) electrons. The van der Waals surface area contributed by atoms with Crippen molar-refractivity contribution in [3.63, 3.8) is 0 Å². The lowest BCUT2D eigenvalue weighted by molar-refractivity contribution is 0.658. The number of hydrogen-bond acceptors (Lipinski definition) is 6. The highest BCUT2D eigenvalue weighted by molar-refractivity contribution is 9.11. The van der Waals surface area contributed by atoms with E-state index < -0.39 is 0 Å². The first-order valence-electron chi connectivity index (χ1n) is 4.97. The molecule has 8 heteroatoms. The number of thiophene rings is 1. The van der Waals surface area contributed by atoms with Gasteiger partial charge in [-0.1, -0.05) is 11.8 Å². The summed E-state index contributed by atoms with van der Waals surface area (Å²) in [6.07, 6.45) is 0. The van der Waals surface area contributed by atoms with E-state index in [1.54, 1.807) is 27.8 Å². The van der Waals surface area contributed by atoms with Crippen molar-refractivity contribution in [2.45, 2.75) is 23.4 Å². The number of hydrogen-bond donors (Lipinski definition) is 1. The maximum absolute atomic E-state index is 6.04. The molecule has 0 aliphatic rings. The molecule has 2 aromatic rings. The zero-order valence-corrected chi connectivity index (χ0v) is 12.6. The van der Waals surface area contributed by atoms with Crippen molar-refractivity contribution in [2.24, 2.45) is 12.8 Å². The number of nitrogens with zero attached hydrogens (tertiary/aromatic N) is 4. The van der Waals surface area contributed by atoms with Crippen LogP contribution >= 0.6 is 39.0 Å². The molecule has 0 bridgehead atoms. The molecule has 0 aliphatic carbocycles. The number of aryl methyl sites for hydroxylation is 1. The summed E-state index contributed by atoms with van der Waals surface area (Å²) in [6, 6.07) is 4.15. The van der Waals surface area contributed by atoms with Gasteiger partial charge < -0.3 is 5.73 Å². The van der Waals surface area contributed by atoms with Gasteiger partial charge in [0.1, 0.15) is 0 Å².